The summed E-state index contributed by atoms with van der Waals surface area (Å²) in [5, 5.41) is 1.02. The van der Waals surface area contributed by atoms with Crippen LogP contribution < -0.4 is 0 Å². The molecule has 0 atom stereocenters. The lowest BCUT2D eigenvalue weighted by molar-refractivity contribution is -0.142. The van der Waals surface area contributed by atoms with Gasteiger partial charge in [0, 0.05) is 5.39 Å². The van der Waals surface area contributed by atoms with Gasteiger partial charge in [0.05, 0.1) is 0 Å². The van der Waals surface area contributed by atoms with Crippen molar-refractivity contribution in [2.24, 2.45) is 0 Å². The summed E-state index contributed by atoms with van der Waals surface area (Å²) in [6, 6.07) is 15.0. The number of benzene rings is 4. The van der Waals surface area contributed by atoms with Gasteiger partial charge in [-0.25, -0.2) is 17.6 Å². The van der Waals surface area contributed by atoms with Gasteiger partial charge in [0.2, 0.25) is 0 Å². The molecule has 0 aromatic heterocycles. The molecule has 0 nitrogen and oxygen atoms in total. The Bertz CT molecular complexity index is 1380. The summed E-state index contributed by atoms with van der Waals surface area (Å²) in [6.07, 6.45) is -3.28. The second-order valence-corrected chi connectivity index (χ2v) is 8.81. The van der Waals surface area contributed by atoms with Crippen molar-refractivity contribution in [1.82, 2.24) is 0 Å². The zero-order chi connectivity index (χ0) is 26.0. The Labute approximate surface area is 204 Å². The van der Waals surface area contributed by atoms with Crippen LogP contribution >= 0.6 is 0 Å². The third kappa shape index (κ3) is 5.55. The molecular weight excluding hydrogens is 481 g/mol. The molecule has 7 heteroatoms. The predicted molar refractivity (Wildman–Crippen MR) is 126 cm³/mol. The number of alkyl halides is 3. The number of rotatable bonds is 7. The molecule has 0 bridgehead atoms. The van der Waals surface area contributed by atoms with Crippen molar-refractivity contribution in [2.45, 2.75) is 45.2 Å². The second-order valence-electron chi connectivity index (χ2n) is 8.81. The largest absolute Gasteiger partial charge is 0.422 e. The third-order valence-electron chi connectivity index (χ3n) is 6.38. The lowest BCUT2D eigenvalue weighted by Crippen LogP contribution is -2.12. The van der Waals surface area contributed by atoms with E-state index in [-0.39, 0.29) is 29.8 Å². The summed E-state index contributed by atoms with van der Waals surface area (Å²) in [4.78, 5) is 0. The highest BCUT2D eigenvalue weighted by molar-refractivity contribution is 5.84. The quantitative estimate of drug-likeness (QED) is 0.221. The number of halogens is 7. The van der Waals surface area contributed by atoms with Gasteiger partial charge >= 0.3 is 6.18 Å². The van der Waals surface area contributed by atoms with E-state index in [1.807, 2.05) is 19.1 Å². The minimum absolute atomic E-state index is 0.00652. The molecule has 188 valence electrons. The molecule has 0 aliphatic heterocycles. The van der Waals surface area contributed by atoms with Crippen LogP contribution in [-0.4, -0.2) is 0 Å². The van der Waals surface area contributed by atoms with Crippen LogP contribution in [0.1, 0.15) is 40.3 Å². The number of aryl methyl sites for hydroxylation is 5. The van der Waals surface area contributed by atoms with Crippen LogP contribution in [-0.2, 0) is 38.3 Å². The van der Waals surface area contributed by atoms with Crippen molar-refractivity contribution in [3.8, 4) is 0 Å². The van der Waals surface area contributed by atoms with E-state index in [0.717, 1.165) is 17.5 Å². The highest BCUT2D eigenvalue weighted by atomic mass is 19.4. The van der Waals surface area contributed by atoms with Gasteiger partial charge in [-0.15, -0.1) is 0 Å². The fourth-order valence-electron chi connectivity index (χ4n) is 4.35. The monoisotopic (exact) mass is 504 g/mol. The lowest BCUT2D eigenvalue weighted by atomic mass is 9.96. The Balaban J connectivity index is 1.48. The van der Waals surface area contributed by atoms with Crippen LogP contribution in [0.2, 0.25) is 0 Å². The van der Waals surface area contributed by atoms with E-state index in [1.165, 1.54) is 0 Å². The maximum atomic E-state index is 15.1. The van der Waals surface area contributed by atoms with E-state index in [4.69, 9.17) is 0 Å². The van der Waals surface area contributed by atoms with Crippen molar-refractivity contribution >= 4 is 10.8 Å². The molecule has 0 fully saturated rings. The minimum atomic E-state index is -5.14. The number of hydrogen-bond acceptors (Lipinski definition) is 0. The van der Waals surface area contributed by atoms with E-state index in [9.17, 15) is 26.3 Å². The van der Waals surface area contributed by atoms with Crippen molar-refractivity contribution in [3.63, 3.8) is 0 Å². The lowest BCUT2D eigenvalue weighted by Gasteiger charge is -2.12. The van der Waals surface area contributed by atoms with Crippen LogP contribution in [0.4, 0.5) is 30.7 Å². The Morgan fingerprint density at radius 3 is 1.81 bits per heavy atom. The van der Waals surface area contributed by atoms with Crippen LogP contribution in [0.25, 0.3) is 10.8 Å². The standard InChI is InChI=1S/C29H23F7/c1-2-17-3-7-20(24(30)14-17)8-4-18-6-12-23-22(13-18)11-10-21(28(23)33)9-5-19-15-25(31)27(26(32)16-19)29(34,35)36/h3,6-7,10-16H,2,4-5,8-9H2,1H3. The Morgan fingerprint density at radius 2 is 1.17 bits per heavy atom. The van der Waals surface area contributed by atoms with Crippen molar-refractivity contribution < 1.29 is 30.7 Å². The van der Waals surface area contributed by atoms with E-state index in [1.54, 1.807) is 36.4 Å². The molecule has 0 spiro atoms. The first-order chi connectivity index (χ1) is 17.1. The first kappa shape index (κ1) is 25.7. The molecule has 4 rings (SSSR count). The molecule has 0 aliphatic carbocycles. The summed E-state index contributed by atoms with van der Waals surface area (Å²) in [6.45, 7) is 1.96. The number of hydrogen-bond donors (Lipinski definition) is 0. The zero-order valence-corrected chi connectivity index (χ0v) is 19.5. The Morgan fingerprint density at radius 1 is 0.583 bits per heavy atom. The van der Waals surface area contributed by atoms with Gasteiger partial charge in [0.1, 0.15) is 28.8 Å². The normalized spacial score (nSPS) is 11.9. The molecule has 0 N–H and O–H groups in total. The molecule has 36 heavy (non-hydrogen) atoms. The van der Waals surface area contributed by atoms with Crippen molar-refractivity contribution in [3.05, 3.63) is 117 Å². The highest BCUT2D eigenvalue weighted by Gasteiger charge is 2.37. The van der Waals surface area contributed by atoms with E-state index in [0.29, 0.717) is 41.3 Å². The maximum Gasteiger partial charge on any atom is 0.422 e. The van der Waals surface area contributed by atoms with Gasteiger partial charge < -0.3 is 0 Å². The van der Waals surface area contributed by atoms with E-state index in [2.05, 4.69) is 0 Å². The molecular formula is C29H23F7. The molecule has 0 amide bonds. The van der Waals surface area contributed by atoms with E-state index >= 15 is 4.39 Å². The van der Waals surface area contributed by atoms with Crippen LogP contribution in [0.5, 0.6) is 0 Å². The van der Waals surface area contributed by atoms with Crippen LogP contribution in [0.3, 0.4) is 0 Å². The van der Waals surface area contributed by atoms with Gasteiger partial charge in [-0.3, -0.25) is 0 Å². The third-order valence-corrected chi connectivity index (χ3v) is 6.38. The van der Waals surface area contributed by atoms with Gasteiger partial charge in [-0.1, -0.05) is 49.4 Å². The SMILES string of the molecule is CCc1ccc(CCc2ccc3c(F)c(CCc4cc(F)c(C(F)(F)F)c(F)c4)ccc3c2)c(F)c1. The summed E-state index contributed by atoms with van der Waals surface area (Å²) < 4.78 is 95.3. The van der Waals surface area contributed by atoms with E-state index < -0.39 is 29.2 Å². The fourth-order valence-corrected chi connectivity index (χ4v) is 4.35. The number of fused-ring (bicyclic) bond motifs is 1. The topological polar surface area (TPSA) is 0 Å². The second kappa shape index (κ2) is 10.3. The molecule has 4 aromatic rings. The van der Waals surface area contributed by atoms with Crippen LogP contribution in [0.15, 0.2) is 60.7 Å². The minimum Gasteiger partial charge on any atom is -0.207 e. The van der Waals surface area contributed by atoms with Gasteiger partial charge in [0.15, 0.2) is 0 Å². The molecule has 0 radical (unpaired) electrons. The maximum absolute atomic E-state index is 15.1. The molecule has 0 aliphatic rings. The average molecular weight is 504 g/mol. The molecule has 4 aromatic carbocycles. The molecule has 0 saturated carbocycles. The first-order valence-electron chi connectivity index (χ1n) is 11.6. The fraction of sp³-hybridized carbons (Fsp3) is 0.241. The van der Waals surface area contributed by atoms with Gasteiger partial charge in [-0.2, -0.15) is 13.2 Å². The summed E-state index contributed by atoms with van der Waals surface area (Å²) >= 11 is 0. The van der Waals surface area contributed by atoms with Crippen LogP contribution in [0, 0.1) is 23.3 Å². The average Bonchev–Trinajstić information content (AvgIpc) is 2.81. The highest BCUT2D eigenvalue weighted by Crippen LogP contribution is 2.34. The Hall–Kier alpha value is -3.35. The summed E-state index contributed by atoms with van der Waals surface area (Å²) in [5.41, 5.74) is 0.830. The summed E-state index contributed by atoms with van der Waals surface area (Å²) in [5.74, 6) is -4.11. The predicted octanol–water partition coefficient (Wildman–Crippen LogP) is 8.55. The molecule has 0 heterocycles. The van der Waals surface area contributed by atoms with Gasteiger partial charge in [0.25, 0.3) is 0 Å². The first-order valence-corrected chi connectivity index (χ1v) is 11.6. The molecule has 0 unspecified atom stereocenters. The van der Waals surface area contributed by atoms with Crippen molar-refractivity contribution in [1.29, 1.82) is 0 Å². The zero-order valence-electron chi connectivity index (χ0n) is 19.5. The van der Waals surface area contributed by atoms with Crippen molar-refractivity contribution in [2.75, 3.05) is 0 Å². The van der Waals surface area contributed by atoms with Gasteiger partial charge in [-0.05, 0) is 83.5 Å². The summed E-state index contributed by atoms with van der Waals surface area (Å²) in [7, 11) is 0. The Kier molecular flexibility index (Phi) is 7.38. The smallest absolute Gasteiger partial charge is 0.207 e. The molecule has 0 saturated heterocycles.